The number of esters is 1. The summed E-state index contributed by atoms with van der Waals surface area (Å²) in [4.78, 5) is 23.1. The number of rotatable bonds is 7. The Balaban J connectivity index is 1.55. The molecule has 1 aliphatic carbocycles. The van der Waals surface area contributed by atoms with Crippen LogP contribution in [0.3, 0.4) is 0 Å². The van der Waals surface area contributed by atoms with Gasteiger partial charge in [0.25, 0.3) is 0 Å². The zero-order chi connectivity index (χ0) is 15.1. The number of methoxy groups -OCH3 is 1. The molecule has 0 aromatic carbocycles. The average molecular weight is 296 g/mol. The van der Waals surface area contributed by atoms with E-state index in [9.17, 15) is 9.59 Å². The standard InChI is InChI=1S/C16H28N2O3/c1-21-15(19)9-3-2-6-10-17-16(20)14-11-12-7-4-5-8-13(12)18-14/h12-14,18H,2-11H2,1H3,(H,17,20). The lowest BCUT2D eigenvalue weighted by molar-refractivity contribution is -0.140. The molecule has 1 aliphatic heterocycles. The van der Waals surface area contributed by atoms with Crippen molar-refractivity contribution in [3.63, 3.8) is 0 Å². The molecule has 1 saturated heterocycles. The third-order valence-corrected chi connectivity index (χ3v) is 4.76. The molecule has 0 bridgehead atoms. The van der Waals surface area contributed by atoms with Crippen molar-refractivity contribution in [1.82, 2.24) is 10.6 Å². The third-order valence-electron chi connectivity index (χ3n) is 4.76. The van der Waals surface area contributed by atoms with E-state index in [0.29, 0.717) is 24.9 Å². The van der Waals surface area contributed by atoms with Gasteiger partial charge in [0.05, 0.1) is 13.2 Å². The Kier molecular flexibility index (Phi) is 6.49. The normalized spacial score (nSPS) is 28.0. The van der Waals surface area contributed by atoms with E-state index in [1.807, 2.05) is 0 Å². The second-order valence-corrected chi connectivity index (χ2v) is 6.28. The van der Waals surface area contributed by atoms with Crippen molar-refractivity contribution >= 4 is 11.9 Å². The molecule has 1 saturated carbocycles. The maximum absolute atomic E-state index is 12.1. The van der Waals surface area contributed by atoms with Gasteiger partial charge in [-0.15, -0.1) is 0 Å². The van der Waals surface area contributed by atoms with Crippen molar-refractivity contribution in [3.8, 4) is 0 Å². The molecular formula is C16H28N2O3. The van der Waals surface area contributed by atoms with Crippen molar-refractivity contribution in [3.05, 3.63) is 0 Å². The van der Waals surface area contributed by atoms with E-state index in [1.54, 1.807) is 0 Å². The number of hydrogen-bond donors (Lipinski definition) is 2. The van der Waals surface area contributed by atoms with Crippen LogP contribution in [0.25, 0.3) is 0 Å². The molecule has 2 rings (SSSR count). The Morgan fingerprint density at radius 1 is 1.19 bits per heavy atom. The highest BCUT2D eigenvalue weighted by Crippen LogP contribution is 2.33. The molecule has 3 unspecified atom stereocenters. The summed E-state index contributed by atoms with van der Waals surface area (Å²) in [5, 5.41) is 6.51. The number of hydrogen-bond acceptors (Lipinski definition) is 4. The van der Waals surface area contributed by atoms with Gasteiger partial charge in [0.1, 0.15) is 0 Å². The minimum Gasteiger partial charge on any atom is -0.469 e. The third kappa shape index (κ3) is 4.99. The maximum Gasteiger partial charge on any atom is 0.305 e. The van der Waals surface area contributed by atoms with Crippen LogP contribution in [-0.2, 0) is 14.3 Å². The van der Waals surface area contributed by atoms with E-state index in [1.165, 1.54) is 32.8 Å². The first kappa shape index (κ1) is 16.3. The van der Waals surface area contributed by atoms with Gasteiger partial charge in [-0.2, -0.15) is 0 Å². The van der Waals surface area contributed by atoms with E-state index < -0.39 is 0 Å². The predicted molar refractivity (Wildman–Crippen MR) is 80.8 cm³/mol. The molecule has 2 aliphatic rings. The molecule has 0 aromatic rings. The highest BCUT2D eigenvalue weighted by Gasteiger charge is 2.37. The van der Waals surface area contributed by atoms with Gasteiger partial charge in [-0.1, -0.05) is 19.3 Å². The lowest BCUT2D eigenvalue weighted by Crippen LogP contribution is -2.43. The first-order valence-electron chi connectivity index (χ1n) is 8.31. The number of nitrogens with one attached hydrogen (secondary N) is 2. The summed E-state index contributed by atoms with van der Waals surface area (Å²) in [6.07, 6.45) is 9.27. The fraction of sp³-hybridized carbons (Fsp3) is 0.875. The highest BCUT2D eigenvalue weighted by atomic mass is 16.5. The van der Waals surface area contributed by atoms with E-state index >= 15 is 0 Å². The number of amides is 1. The van der Waals surface area contributed by atoms with Crippen LogP contribution in [0.5, 0.6) is 0 Å². The van der Waals surface area contributed by atoms with Crippen LogP contribution in [0.15, 0.2) is 0 Å². The summed E-state index contributed by atoms with van der Waals surface area (Å²) in [5.74, 6) is 0.698. The first-order chi connectivity index (χ1) is 10.2. The average Bonchev–Trinajstić information content (AvgIpc) is 2.94. The van der Waals surface area contributed by atoms with Gasteiger partial charge < -0.3 is 15.4 Å². The van der Waals surface area contributed by atoms with Gasteiger partial charge in [-0.05, 0) is 38.0 Å². The van der Waals surface area contributed by atoms with Gasteiger partial charge >= 0.3 is 5.97 Å². The maximum atomic E-state index is 12.1. The first-order valence-corrected chi connectivity index (χ1v) is 8.31. The minimum atomic E-state index is -0.156. The molecule has 2 fully saturated rings. The van der Waals surface area contributed by atoms with Gasteiger partial charge in [0, 0.05) is 19.0 Å². The van der Waals surface area contributed by atoms with Crippen LogP contribution in [0.2, 0.25) is 0 Å². The second kappa shape index (κ2) is 8.37. The van der Waals surface area contributed by atoms with Gasteiger partial charge in [0.15, 0.2) is 0 Å². The Labute approximate surface area is 127 Å². The molecular weight excluding hydrogens is 268 g/mol. The smallest absolute Gasteiger partial charge is 0.305 e. The van der Waals surface area contributed by atoms with Crippen molar-refractivity contribution in [2.45, 2.75) is 69.9 Å². The zero-order valence-electron chi connectivity index (χ0n) is 13.0. The van der Waals surface area contributed by atoms with Gasteiger partial charge in [0.2, 0.25) is 5.91 Å². The molecule has 5 nitrogen and oxygen atoms in total. The summed E-state index contributed by atoms with van der Waals surface area (Å²) in [5.41, 5.74) is 0. The monoisotopic (exact) mass is 296 g/mol. The predicted octanol–water partition coefficient (Wildman–Crippen LogP) is 1.76. The molecule has 1 heterocycles. The molecule has 0 radical (unpaired) electrons. The van der Waals surface area contributed by atoms with E-state index in [4.69, 9.17) is 0 Å². The summed E-state index contributed by atoms with van der Waals surface area (Å²) in [7, 11) is 1.41. The molecule has 5 heteroatoms. The van der Waals surface area contributed by atoms with Crippen LogP contribution < -0.4 is 10.6 Å². The molecule has 2 N–H and O–H groups in total. The van der Waals surface area contributed by atoms with Crippen molar-refractivity contribution in [2.75, 3.05) is 13.7 Å². The number of unbranched alkanes of at least 4 members (excludes halogenated alkanes) is 2. The fourth-order valence-corrected chi connectivity index (χ4v) is 3.53. The van der Waals surface area contributed by atoms with E-state index in [0.717, 1.165) is 25.7 Å². The second-order valence-electron chi connectivity index (χ2n) is 6.28. The largest absolute Gasteiger partial charge is 0.469 e. The summed E-state index contributed by atoms with van der Waals surface area (Å²) in [6, 6.07) is 0.572. The summed E-state index contributed by atoms with van der Waals surface area (Å²) in [6.45, 7) is 0.702. The molecule has 3 atom stereocenters. The van der Waals surface area contributed by atoms with E-state index in [-0.39, 0.29) is 17.9 Å². The molecule has 1 amide bonds. The topological polar surface area (TPSA) is 67.4 Å². The number of carbonyl (C=O) groups excluding carboxylic acids is 2. The quantitative estimate of drug-likeness (QED) is 0.555. The highest BCUT2D eigenvalue weighted by molar-refractivity contribution is 5.82. The Hall–Kier alpha value is -1.10. The SMILES string of the molecule is COC(=O)CCCCCNC(=O)C1CC2CCCCC2N1. The van der Waals surface area contributed by atoms with E-state index in [2.05, 4.69) is 15.4 Å². The summed E-state index contributed by atoms with van der Waals surface area (Å²) < 4.78 is 4.59. The lowest BCUT2D eigenvalue weighted by Gasteiger charge is -2.24. The molecule has 0 aromatic heterocycles. The molecule has 120 valence electrons. The molecule has 0 spiro atoms. The van der Waals surface area contributed by atoms with Crippen molar-refractivity contribution in [2.24, 2.45) is 5.92 Å². The fourth-order valence-electron chi connectivity index (χ4n) is 3.53. The van der Waals surface area contributed by atoms with Crippen LogP contribution in [0.1, 0.15) is 57.8 Å². The Morgan fingerprint density at radius 2 is 2.00 bits per heavy atom. The Bertz CT molecular complexity index is 345. The number of fused-ring (bicyclic) bond motifs is 1. The van der Waals surface area contributed by atoms with Crippen molar-refractivity contribution < 1.29 is 14.3 Å². The number of ether oxygens (including phenoxy) is 1. The molecule has 21 heavy (non-hydrogen) atoms. The van der Waals surface area contributed by atoms with Crippen LogP contribution in [0, 0.1) is 5.92 Å². The van der Waals surface area contributed by atoms with Gasteiger partial charge in [-0.3, -0.25) is 9.59 Å². The lowest BCUT2D eigenvalue weighted by atomic mass is 9.85. The van der Waals surface area contributed by atoms with Gasteiger partial charge in [-0.25, -0.2) is 0 Å². The van der Waals surface area contributed by atoms with Crippen LogP contribution in [0.4, 0.5) is 0 Å². The summed E-state index contributed by atoms with van der Waals surface area (Å²) >= 11 is 0. The zero-order valence-corrected chi connectivity index (χ0v) is 13.0. The van der Waals surface area contributed by atoms with Crippen LogP contribution >= 0.6 is 0 Å². The van der Waals surface area contributed by atoms with Crippen LogP contribution in [-0.4, -0.2) is 37.6 Å². The van der Waals surface area contributed by atoms with Crippen molar-refractivity contribution in [1.29, 1.82) is 0 Å². The number of carbonyl (C=O) groups is 2. The Morgan fingerprint density at radius 3 is 2.76 bits per heavy atom. The minimum absolute atomic E-state index is 0.00756.